The lowest BCUT2D eigenvalue weighted by molar-refractivity contribution is 0.196. The van der Waals surface area contributed by atoms with Crippen LogP contribution in [0.2, 0.25) is 0 Å². The summed E-state index contributed by atoms with van der Waals surface area (Å²) in [7, 11) is 1.98. The van der Waals surface area contributed by atoms with Gasteiger partial charge >= 0.3 is 0 Å². The molecule has 0 amide bonds. The predicted octanol–water partition coefficient (Wildman–Crippen LogP) is 4.32. The van der Waals surface area contributed by atoms with Crippen LogP contribution in [-0.4, -0.2) is 35.1 Å². The largest absolute Gasteiger partial charge is 0.492 e. The number of rotatable bonds is 6. The summed E-state index contributed by atoms with van der Waals surface area (Å²) < 4.78 is 18.6. The van der Waals surface area contributed by atoms with E-state index in [4.69, 9.17) is 9.72 Å². The van der Waals surface area contributed by atoms with Gasteiger partial charge in [0.1, 0.15) is 28.8 Å². The molecule has 5 nitrogen and oxygen atoms in total. The summed E-state index contributed by atoms with van der Waals surface area (Å²) in [5.74, 6) is 1.70. The van der Waals surface area contributed by atoms with Crippen LogP contribution in [0, 0.1) is 11.7 Å². The second-order valence-corrected chi connectivity index (χ2v) is 9.03. The van der Waals surface area contributed by atoms with Gasteiger partial charge in [-0.2, -0.15) is 0 Å². The quantitative estimate of drug-likeness (QED) is 0.651. The summed E-state index contributed by atoms with van der Waals surface area (Å²) in [5, 5.41) is 0.787. The standard InChI is InChI=1S/C22H26FN3O2S/c1-13-4-9-17-18(12-13)29-22-19(17)21(27)24-20(25-22)14(2)26(3)10-11-28-16-7-5-15(23)6-8-16/h5-8,13-14H,4,9-12H2,1-3H3,(H,24,25,27). The molecule has 1 aromatic carbocycles. The molecule has 0 aliphatic heterocycles. The van der Waals surface area contributed by atoms with Gasteiger partial charge in [-0.1, -0.05) is 6.92 Å². The Morgan fingerprint density at radius 3 is 2.90 bits per heavy atom. The van der Waals surface area contributed by atoms with Crippen molar-refractivity contribution in [1.29, 1.82) is 0 Å². The smallest absolute Gasteiger partial charge is 0.259 e. The summed E-state index contributed by atoms with van der Waals surface area (Å²) in [5.41, 5.74) is 1.18. The Morgan fingerprint density at radius 2 is 2.14 bits per heavy atom. The number of hydrogen-bond acceptors (Lipinski definition) is 5. The van der Waals surface area contributed by atoms with Crippen molar-refractivity contribution in [1.82, 2.24) is 14.9 Å². The number of ether oxygens (including phenoxy) is 1. The molecule has 29 heavy (non-hydrogen) atoms. The van der Waals surface area contributed by atoms with Crippen LogP contribution in [0.3, 0.4) is 0 Å². The second-order valence-electron chi connectivity index (χ2n) is 7.94. The molecular formula is C22H26FN3O2S. The molecule has 2 atom stereocenters. The van der Waals surface area contributed by atoms with Gasteiger partial charge in [-0.05, 0) is 69.0 Å². The molecule has 154 valence electrons. The zero-order valence-electron chi connectivity index (χ0n) is 17.0. The Balaban J connectivity index is 1.47. The van der Waals surface area contributed by atoms with Crippen LogP contribution >= 0.6 is 11.3 Å². The zero-order chi connectivity index (χ0) is 20.5. The Hall–Kier alpha value is -2.25. The summed E-state index contributed by atoms with van der Waals surface area (Å²) >= 11 is 1.67. The normalized spacial score (nSPS) is 17.5. The molecule has 1 aliphatic rings. The van der Waals surface area contributed by atoms with Gasteiger partial charge in [0.2, 0.25) is 0 Å². The van der Waals surface area contributed by atoms with E-state index in [0.717, 1.165) is 29.5 Å². The Bertz CT molecular complexity index is 1060. The highest BCUT2D eigenvalue weighted by atomic mass is 32.1. The summed E-state index contributed by atoms with van der Waals surface area (Å²) in [6.07, 6.45) is 3.14. The van der Waals surface area contributed by atoms with E-state index in [1.807, 2.05) is 14.0 Å². The van der Waals surface area contributed by atoms with Crippen molar-refractivity contribution >= 4 is 21.6 Å². The minimum absolute atomic E-state index is 0.0279. The van der Waals surface area contributed by atoms with Crippen molar-refractivity contribution < 1.29 is 9.13 Å². The molecule has 1 N–H and O–H groups in total. The van der Waals surface area contributed by atoms with E-state index in [1.54, 1.807) is 23.5 Å². The lowest BCUT2D eigenvalue weighted by Gasteiger charge is -2.23. The number of aromatic nitrogens is 2. The molecule has 0 saturated heterocycles. The van der Waals surface area contributed by atoms with Crippen molar-refractivity contribution in [3.05, 3.63) is 56.7 Å². The highest BCUT2D eigenvalue weighted by molar-refractivity contribution is 7.18. The summed E-state index contributed by atoms with van der Waals surface area (Å²) in [6, 6.07) is 5.94. The molecule has 0 spiro atoms. The molecule has 0 radical (unpaired) electrons. The third-order valence-electron chi connectivity index (χ3n) is 5.77. The van der Waals surface area contributed by atoms with Crippen LogP contribution in [0.1, 0.15) is 42.6 Å². The van der Waals surface area contributed by atoms with E-state index in [2.05, 4.69) is 16.8 Å². The number of aryl methyl sites for hydroxylation is 1. The SMILES string of the molecule is CC1CCc2c(sc3nc(C(C)N(C)CCOc4ccc(F)cc4)[nH]c(=O)c23)C1. The monoisotopic (exact) mass is 415 g/mol. The number of nitrogens with one attached hydrogen (secondary N) is 1. The fourth-order valence-corrected chi connectivity index (χ4v) is 5.19. The van der Waals surface area contributed by atoms with E-state index >= 15 is 0 Å². The third-order valence-corrected chi connectivity index (χ3v) is 6.92. The second kappa shape index (κ2) is 8.24. The van der Waals surface area contributed by atoms with Gasteiger partial charge in [0, 0.05) is 11.4 Å². The average molecular weight is 416 g/mol. The fraction of sp³-hybridized carbons (Fsp3) is 0.455. The third kappa shape index (κ3) is 4.21. The van der Waals surface area contributed by atoms with Crippen LogP contribution in [0.4, 0.5) is 4.39 Å². The van der Waals surface area contributed by atoms with Crippen molar-refractivity contribution in [2.45, 2.75) is 39.2 Å². The maximum absolute atomic E-state index is 13.0. The minimum Gasteiger partial charge on any atom is -0.492 e. The van der Waals surface area contributed by atoms with E-state index < -0.39 is 0 Å². The maximum atomic E-state index is 13.0. The molecular weight excluding hydrogens is 389 g/mol. The maximum Gasteiger partial charge on any atom is 0.259 e. The Morgan fingerprint density at radius 1 is 1.38 bits per heavy atom. The van der Waals surface area contributed by atoms with Crippen LogP contribution in [0.15, 0.2) is 29.1 Å². The molecule has 7 heteroatoms. The molecule has 2 aromatic heterocycles. The van der Waals surface area contributed by atoms with E-state index in [1.165, 1.54) is 22.6 Å². The molecule has 0 fully saturated rings. The molecule has 0 bridgehead atoms. The van der Waals surface area contributed by atoms with Gasteiger partial charge in [0.15, 0.2) is 0 Å². The van der Waals surface area contributed by atoms with E-state index in [0.29, 0.717) is 30.6 Å². The number of aromatic amines is 1. The first kappa shape index (κ1) is 20.0. The topological polar surface area (TPSA) is 58.2 Å². The average Bonchev–Trinajstić information content (AvgIpc) is 3.06. The number of nitrogens with zero attached hydrogens (tertiary/aromatic N) is 2. The predicted molar refractivity (Wildman–Crippen MR) is 114 cm³/mol. The number of benzene rings is 1. The highest BCUT2D eigenvalue weighted by Crippen LogP contribution is 2.36. The van der Waals surface area contributed by atoms with Crippen molar-refractivity contribution in [2.75, 3.05) is 20.2 Å². The summed E-state index contributed by atoms with van der Waals surface area (Å²) in [4.78, 5) is 24.9. The van der Waals surface area contributed by atoms with Crippen molar-refractivity contribution in [3.8, 4) is 5.75 Å². The number of H-pyrrole nitrogens is 1. The lowest BCUT2D eigenvalue weighted by Crippen LogP contribution is -2.29. The number of halogens is 1. The van der Waals surface area contributed by atoms with E-state index in [9.17, 15) is 9.18 Å². The Kier molecular flexibility index (Phi) is 5.69. The molecule has 2 unspecified atom stereocenters. The minimum atomic E-state index is -0.279. The molecule has 2 heterocycles. The summed E-state index contributed by atoms with van der Waals surface area (Å²) in [6.45, 7) is 5.40. The van der Waals surface area contributed by atoms with Gasteiger partial charge in [-0.3, -0.25) is 9.69 Å². The number of fused-ring (bicyclic) bond motifs is 3. The molecule has 1 aliphatic carbocycles. The van der Waals surface area contributed by atoms with Gasteiger partial charge < -0.3 is 9.72 Å². The molecule has 0 saturated carbocycles. The number of likely N-dealkylation sites (N-methyl/N-ethyl adjacent to an activating group) is 1. The lowest BCUT2D eigenvalue weighted by atomic mass is 9.89. The van der Waals surface area contributed by atoms with Crippen molar-refractivity contribution in [2.24, 2.45) is 5.92 Å². The number of thiophene rings is 1. The molecule has 4 rings (SSSR count). The first-order valence-electron chi connectivity index (χ1n) is 10.1. The molecule has 3 aromatic rings. The zero-order valence-corrected chi connectivity index (χ0v) is 17.8. The van der Waals surface area contributed by atoms with Crippen LogP contribution in [-0.2, 0) is 12.8 Å². The van der Waals surface area contributed by atoms with Gasteiger partial charge in [-0.15, -0.1) is 11.3 Å². The number of hydrogen-bond donors (Lipinski definition) is 1. The van der Waals surface area contributed by atoms with Gasteiger partial charge in [0.25, 0.3) is 5.56 Å². The van der Waals surface area contributed by atoms with Crippen LogP contribution in [0.5, 0.6) is 5.75 Å². The first-order valence-corrected chi connectivity index (χ1v) is 10.9. The van der Waals surface area contributed by atoms with Crippen molar-refractivity contribution in [3.63, 3.8) is 0 Å². The Labute approximate surface area is 173 Å². The van der Waals surface area contributed by atoms with Crippen LogP contribution < -0.4 is 10.3 Å². The fourth-order valence-electron chi connectivity index (χ4n) is 3.80. The van der Waals surface area contributed by atoms with Crippen LogP contribution in [0.25, 0.3) is 10.2 Å². The first-order chi connectivity index (χ1) is 13.9. The van der Waals surface area contributed by atoms with E-state index in [-0.39, 0.29) is 17.4 Å². The van der Waals surface area contributed by atoms with Gasteiger partial charge in [0.05, 0.1) is 11.4 Å². The van der Waals surface area contributed by atoms with Gasteiger partial charge in [-0.25, -0.2) is 9.37 Å². The highest BCUT2D eigenvalue weighted by Gasteiger charge is 2.24.